The Morgan fingerprint density at radius 2 is 1.64 bits per heavy atom. The van der Waals surface area contributed by atoms with Gasteiger partial charge in [-0.1, -0.05) is 30.3 Å². The lowest BCUT2D eigenvalue weighted by atomic mass is 10.1. The molecule has 0 bridgehead atoms. The normalized spacial score (nSPS) is 15.9. The number of aliphatic hydroxyl groups is 2. The van der Waals surface area contributed by atoms with Crippen molar-refractivity contribution < 1.29 is 10.2 Å². The molecule has 1 radical (unpaired) electrons. The fourth-order valence-electron chi connectivity index (χ4n) is 0.872. The number of hydrogen-bond donors (Lipinski definition) is 2. The highest BCUT2D eigenvalue weighted by molar-refractivity contribution is 5.18. The van der Waals surface area contributed by atoms with Crippen LogP contribution in [-0.4, -0.2) is 16.3 Å². The van der Waals surface area contributed by atoms with Crippen LogP contribution in [0.1, 0.15) is 11.7 Å². The highest BCUT2D eigenvalue weighted by atomic mass is 16.3. The largest absolute Gasteiger partial charge is 0.390 e. The van der Waals surface area contributed by atoms with E-state index in [1.54, 1.807) is 24.3 Å². The fourth-order valence-corrected chi connectivity index (χ4v) is 0.872. The second kappa shape index (κ2) is 3.51. The van der Waals surface area contributed by atoms with Crippen LogP contribution >= 0.6 is 0 Å². The van der Waals surface area contributed by atoms with Crippen LogP contribution in [-0.2, 0) is 0 Å². The van der Waals surface area contributed by atoms with E-state index in [4.69, 9.17) is 5.11 Å². The summed E-state index contributed by atoms with van der Waals surface area (Å²) in [5.41, 5.74) is 0.690. The Hall–Kier alpha value is -0.860. The van der Waals surface area contributed by atoms with Gasteiger partial charge in [-0.3, -0.25) is 0 Å². The van der Waals surface area contributed by atoms with Crippen molar-refractivity contribution in [3.8, 4) is 0 Å². The maximum absolute atomic E-state index is 9.29. The first kappa shape index (κ1) is 8.24. The molecule has 0 aliphatic heterocycles. The molecule has 1 aromatic rings. The number of hydrogen-bond acceptors (Lipinski definition) is 2. The average molecular weight is 151 g/mol. The number of benzene rings is 1. The summed E-state index contributed by atoms with van der Waals surface area (Å²) in [5, 5.41) is 18.2. The summed E-state index contributed by atoms with van der Waals surface area (Å²) in [5.74, 6) is 0. The van der Waals surface area contributed by atoms with Crippen molar-refractivity contribution in [1.82, 2.24) is 0 Å². The zero-order valence-electron chi connectivity index (χ0n) is 6.14. The van der Waals surface area contributed by atoms with E-state index in [9.17, 15) is 5.11 Å². The molecule has 0 heterocycles. The van der Waals surface area contributed by atoms with Gasteiger partial charge in [0.05, 0.1) is 6.10 Å². The molecule has 11 heavy (non-hydrogen) atoms. The Morgan fingerprint density at radius 1 is 1.09 bits per heavy atom. The Morgan fingerprint density at radius 3 is 2.09 bits per heavy atom. The van der Waals surface area contributed by atoms with Crippen molar-refractivity contribution in [2.75, 3.05) is 0 Å². The van der Waals surface area contributed by atoms with E-state index in [0.29, 0.717) is 5.56 Å². The lowest BCUT2D eigenvalue weighted by Crippen LogP contribution is -2.13. The van der Waals surface area contributed by atoms with E-state index < -0.39 is 12.2 Å². The molecular weight excluding hydrogens is 140 g/mol. The predicted molar refractivity (Wildman–Crippen MR) is 42.8 cm³/mol. The van der Waals surface area contributed by atoms with Gasteiger partial charge in [0.2, 0.25) is 0 Å². The third kappa shape index (κ3) is 2.03. The van der Waals surface area contributed by atoms with Gasteiger partial charge >= 0.3 is 0 Å². The minimum absolute atomic E-state index is 0.690. The second-order valence-electron chi connectivity index (χ2n) is 2.42. The average Bonchev–Trinajstić information content (AvgIpc) is 2.05. The Balaban J connectivity index is 2.77. The molecule has 2 atom stereocenters. The van der Waals surface area contributed by atoms with Crippen LogP contribution < -0.4 is 0 Å². The lowest BCUT2D eigenvalue weighted by Gasteiger charge is -2.12. The molecule has 0 aromatic heterocycles. The number of rotatable bonds is 2. The topological polar surface area (TPSA) is 40.5 Å². The van der Waals surface area contributed by atoms with Crippen molar-refractivity contribution in [2.45, 2.75) is 12.2 Å². The van der Waals surface area contributed by atoms with Crippen LogP contribution in [0.5, 0.6) is 0 Å². The van der Waals surface area contributed by atoms with Gasteiger partial charge in [-0.25, -0.2) is 0 Å². The van der Waals surface area contributed by atoms with Crippen LogP contribution in [0.2, 0.25) is 0 Å². The van der Waals surface area contributed by atoms with Gasteiger partial charge in [-0.15, -0.1) is 0 Å². The molecule has 0 amide bonds. The van der Waals surface area contributed by atoms with E-state index in [0.717, 1.165) is 0 Å². The summed E-state index contributed by atoms with van der Waals surface area (Å²) in [6.07, 6.45) is -1.84. The summed E-state index contributed by atoms with van der Waals surface area (Å²) in [6.45, 7) is 3.32. The standard InChI is InChI=1S/C9H11O2/c1-7(10)9(11)8-5-3-2-4-6-8/h2-7,9-11H,1H2. The van der Waals surface area contributed by atoms with Crippen LogP contribution in [0, 0.1) is 6.92 Å². The molecule has 0 saturated carbocycles. The third-order valence-corrected chi connectivity index (χ3v) is 1.51. The highest BCUT2D eigenvalue weighted by Gasteiger charge is 2.11. The quantitative estimate of drug-likeness (QED) is 0.659. The molecule has 1 rings (SSSR count). The maximum atomic E-state index is 9.29. The summed E-state index contributed by atoms with van der Waals surface area (Å²) in [7, 11) is 0. The molecule has 0 aliphatic carbocycles. The Labute approximate surface area is 66.1 Å². The van der Waals surface area contributed by atoms with Gasteiger partial charge in [0.15, 0.2) is 0 Å². The molecule has 59 valence electrons. The van der Waals surface area contributed by atoms with E-state index in [1.165, 1.54) is 0 Å². The second-order valence-corrected chi connectivity index (χ2v) is 2.42. The van der Waals surface area contributed by atoms with Gasteiger partial charge in [0, 0.05) is 0 Å². The van der Waals surface area contributed by atoms with Gasteiger partial charge in [-0.05, 0) is 12.5 Å². The smallest absolute Gasteiger partial charge is 0.105 e. The van der Waals surface area contributed by atoms with Crippen LogP contribution in [0.15, 0.2) is 30.3 Å². The molecule has 0 fully saturated rings. The molecule has 0 aliphatic rings. The van der Waals surface area contributed by atoms with E-state index in [2.05, 4.69) is 6.92 Å². The van der Waals surface area contributed by atoms with Crippen molar-refractivity contribution in [2.24, 2.45) is 0 Å². The lowest BCUT2D eigenvalue weighted by molar-refractivity contribution is 0.0465. The number of aliphatic hydroxyl groups excluding tert-OH is 2. The Bertz CT molecular complexity index is 206. The van der Waals surface area contributed by atoms with Crippen molar-refractivity contribution in [3.63, 3.8) is 0 Å². The predicted octanol–water partition coefficient (Wildman–Crippen LogP) is 0.915. The first-order valence-corrected chi connectivity index (χ1v) is 3.46. The molecule has 2 heteroatoms. The van der Waals surface area contributed by atoms with Crippen LogP contribution in [0.4, 0.5) is 0 Å². The first-order valence-electron chi connectivity index (χ1n) is 3.46. The van der Waals surface area contributed by atoms with Gasteiger partial charge < -0.3 is 10.2 Å². The Kier molecular flexibility index (Phi) is 2.63. The summed E-state index contributed by atoms with van der Waals surface area (Å²) in [4.78, 5) is 0. The molecule has 2 nitrogen and oxygen atoms in total. The summed E-state index contributed by atoms with van der Waals surface area (Å²) in [6, 6.07) is 8.96. The van der Waals surface area contributed by atoms with E-state index >= 15 is 0 Å². The van der Waals surface area contributed by atoms with Gasteiger partial charge in [-0.2, -0.15) is 0 Å². The van der Waals surface area contributed by atoms with Crippen LogP contribution in [0.3, 0.4) is 0 Å². The molecular formula is C9H11O2. The van der Waals surface area contributed by atoms with Gasteiger partial charge in [0.25, 0.3) is 0 Å². The van der Waals surface area contributed by atoms with E-state index in [1.807, 2.05) is 6.07 Å². The van der Waals surface area contributed by atoms with Crippen LogP contribution in [0.25, 0.3) is 0 Å². The van der Waals surface area contributed by atoms with Crippen molar-refractivity contribution >= 4 is 0 Å². The zero-order chi connectivity index (χ0) is 8.27. The summed E-state index contributed by atoms with van der Waals surface area (Å²) >= 11 is 0. The molecule has 2 N–H and O–H groups in total. The monoisotopic (exact) mass is 151 g/mol. The van der Waals surface area contributed by atoms with Crippen molar-refractivity contribution in [3.05, 3.63) is 42.8 Å². The fraction of sp³-hybridized carbons (Fsp3) is 0.222. The first-order chi connectivity index (χ1) is 5.22. The summed E-state index contributed by atoms with van der Waals surface area (Å²) < 4.78 is 0. The molecule has 2 unspecified atom stereocenters. The minimum Gasteiger partial charge on any atom is -0.390 e. The SMILES string of the molecule is [CH2]C(O)C(O)c1ccccc1. The van der Waals surface area contributed by atoms with E-state index in [-0.39, 0.29) is 0 Å². The molecule has 0 saturated heterocycles. The minimum atomic E-state index is -0.961. The molecule has 0 spiro atoms. The third-order valence-electron chi connectivity index (χ3n) is 1.51. The maximum Gasteiger partial charge on any atom is 0.105 e. The van der Waals surface area contributed by atoms with Gasteiger partial charge in [0.1, 0.15) is 6.10 Å². The zero-order valence-corrected chi connectivity index (χ0v) is 6.14. The highest BCUT2D eigenvalue weighted by Crippen LogP contribution is 2.14. The molecule has 1 aromatic carbocycles. The van der Waals surface area contributed by atoms with Crippen molar-refractivity contribution in [1.29, 1.82) is 0 Å².